The monoisotopic (exact) mass is 247 g/mol. The third-order valence-corrected chi connectivity index (χ3v) is 4.06. The van der Waals surface area contributed by atoms with E-state index in [0.29, 0.717) is 12.1 Å². The molecule has 0 amide bonds. The average Bonchev–Trinajstić information content (AvgIpc) is 2.86. The lowest BCUT2D eigenvalue weighted by atomic mass is 10.1. The van der Waals surface area contributed by atoms with Gasteiger partial charge in [0, 0.05) is 24.3 Å². The van der Waals surface area contributed by atoms with Gasteiger partial charge < -0.3 is 15.4 Å². The largest absolute Gasteiger partial charge is 0.374 e. The van der Waals surface area contributed by atoms with Crippen molar-refractivity contribution < 1.29 is 4.74 Å². The quantitative estimate of drug-likeness (QED) is 0.866. The number of morpholine rings is 1. The number of rotatable bonds is 2. The minimum absolute atomic E-state index is 0.0244. The van der Waals surface area contributed by atoms with Crippen molar-refractivity contribution in [2.75, 3.05) is 18.1 Å². The second kappa shape index (κ2) is 4.86. The molecule has 3 rings (SSSR count). The predicted octanol–water partition coefficient (Wildman–Crippen LogP) is 1.86. The lowest BCUT2D eigenvalue weighted by Gasteiger charge is -2.39. The van der Waals surface area contributed by atoms with Crippen molar-refractivity contribution in [2.45, 2.75) is 44.4 Å². The second-order valence-electron chi connectivity index (χ2n) is 5.31. The maximum atomic E-state index is 6.06. The molecule has 1 aromatic heterocycles. The fraction of sp³-hybridized carbons (Fsp3) is 0.643. The van der Waals surface area contributed by atoms with Gasteiger partial charge in [0.2, 0.25) is 0 Å². The van der Waals surface area contributed by atoms with Crippen molar-refractivity contribution in [3.8, 4) is 0 Å². The first-order valence-electron chi connectivity index (χ1n) is 6.86. The Balaban J connectivity index is 1.93. The summed E-state index contributed by atoms with van der Waals surface area (Å²) in [5, 5.41) is 0. The van der Waals surface area contributed by atoms with Gasteiger partial charge in [-0.3, -0.25) is 0 Å². The summed E-state index contributed by atoms with van der Waals surface area (Å²) in [5.74, 6) is 1.06. The van der Waals surface area contributed by atoms with E-state index in [1.54, 1.807) is 0 Å². The van der Waals surface area contributed by atoms with Crippen molar-refractivity contribution in [1.82, 2.24) is 4.98 Å². The summed E-state index contributed by atoms with van der Waals surface area (Å²) in [5.41, 5.74) is 7.20. The summed E-state index contributed by atoms with van der Waals surface area (Å²) in [4.78, 5) is 6.99. The standard InChI is InChI=1S/C14H21N3O/c1-10(15)11-4-3-7-16-14(11)17-8-9-18-13-6-2-5-12(13)17/h3-4,7,10,12-13H,2,5-6,8-9,15H2,1H3/t10-,12?,13?/m1/s1. The molecule has 4 nitrogen and oxygen atoms in total. The van der Waals surface area contributed by atoms with E-state index in [4.69, 9.17) is 10.5 Å². The number of fused-ring (bicyclic) bond motifs is 1. The number of nitrogens with two attached hydrogens (primary N) is 1. The Morgan fingerprint density at radius 1 is 1.50 bits per heavy atom. The van der Waals surface area contributed by atoms with Gasteiger partial charge in [-0.25, -0.2) is 4.98 Å². The molecule has 98 valence electrons. The number of anilines is 1. The third-order valence-electron chi connectivity index (χ3n) is 4.06. The molecule has 3 atom stereocenters. The van der Waals surface area contributed by atoms with Crippen molar-refractivity contribution in [3.63, 3.8) is 0 Å². The predicted molar refractivity (Wildman–Crippen MR) is 71.6 cm³/mol. The number of hydrogen-bond donors (Lipinski definition) is 1. The van der Waals surface area contributed by atoms with E-state index in [2.05, 4.69) is 16.0 Å². The van der Waals surface area contributed by atoms with E-state index in [9.17, 15) is 0 Å². The van der Waals surface area contributed by atoms with Gasteiger partial charge in [0.05, 0.1) is 18.8 Å². The molecule has 18 heavy (non-hydrogen) atoms. The highest BCUT2D eigenvalue weighted by atomic mass is 16.5. The molecular weight excluding hydrogens is 226 g/mol. The molecule has 4 heteroatoms. The first-order chi connectivity index (χ1) is 8.77. The molecule has 0 bridgehead atoms. The smallest absolute Gasteiger partial charge is 0.133 e. The molecule has 2 fully saturated rings. The SMILES string of the molecule is C[C@@H](N)c1cccnc1N1CCOC2CCCC21. The molecule has 1 aliphatic carbocycles. The van der Waals surface area contributed by atoms with Crippen molar-refractivity contribution in [2.24, 2.45) is 5.73 Å². The highest BCUT2D eigenvalue weighted by molar-refractivity contribution is 5.50. The van der Waals surface area contributed by atoms with Gasteiger partial charge >= 0.3 is 0 Å². The molecule has 0 spiro atoms. The topological polar surface area (TPSA) is 51.4 Å². The van der Waals surface area contributed by atoms with Gasteiger partial charge in [0.1, 0.15) is 5.82 Å². The molecule has 1 saturated carbocycles. The summed E-state index contributed by atoms with van der Waals surface area (Å²) in [7, 11) is 0. The van der Waals surface area contributed by atoms with E-state index in [1.807, 2.05) is 19.2 Å². The number of hydrogen-bond acceptors (Lipinski definition) is 4. The van der Waals surface area contributed by atoms with E-state index < -0.39 is 0 Å². The second-order valence-corrected chi connectivity index (χ2v) is 5.31. The minimum atomic E-state index is 0.0244. The van der Waals surface area contributed by atoms with Gasteiger partial charge in [0.25, 0.3) is 0 Å². The van der Waals surface area contributed by atoms with Gasteiger partial charge in [-0.15, -0.1) is 0 Å². The van der Waals surface area contributed by atoms with E-state index in [0.717, 1.165) is 24.5 Å². The fourth-order valence-electron chi connectivity index (χ4n) is 3.19. The Labute approximate surface area is 108 Å². The van der Waals surface area contributed by atoms with Crippen LogP contribution < -0.4 is 10.6 Å². The Bertz CT molecular complexity index is 421. The molecule has 1 aromatic rings. The molecule has 0 radical (unpaired) electrons. The van der Waals surface area contributed by atoms with Crippen LogP contribution in [0.5, 0.6) is 0 Å². The summed E-state index contributed by atoms with van der Waals surface area (Å²) in [6.45, 7) is 3.75. The Morgan fingerprint density at radius 2 is 2.39 bits per heavy atom. The lowest BCUT2D eigenvalue weighted by molar-refractivity contribution is 0.0252. The van der Waals surface area contributed by atoms with Crippen LogP contribution in [0.1, 0.15) is 37.8 Å². The third kappa shape index (κ3) is 1.99. The highest BCUT2D eigenvalue weighted by Gasteiger charge is 2.37. The first kappa shape index (κ1) is 11.9. The van der Waals surface area contributed by atoms with E-state index in [1.165, 1.54) is 19.3 Å². The van der Waals surface area contributed by atoms with E-state index >= 15 is 0 Å². The van der Waals surface area contributed by atoms with Crippen LogP contribution in [0, 0.1) is 0 Å². The van der Waals surface area contributed by atoms with Crippen LogP contribution in [0.4, 0.5) is 5.82 Å². The van der Waals surface area contributed by atoms with Crippen LogP contribution >= 0.6 is 0 Å². The molecular formula is C14H21N3O. The van der Waals surface area contributed by atoms with Crippen LogP contribution in [0.2, 0.25) is 0 Å². The maximum Gasteiger partial charge on any atom is 0.133 e. The Morgan fingerprint density at radius 3 is 3.22 bits per heavy atom. The molecule has 2 aliphatic rings. The lowest BCUT2D eigenvalue weighted by Crippen LogP contribution is -2.49. The van der Waals surface area contributed by atoms with Crippen molar-refractivity contribution in [3.05, 3.63) is 23.9 Å². The minimum Gasteiger partial charge on any atom is -0.374 e. The summed E-state index contributed by atoms with van der Waals surface area (Å²) in [6, 6.07) is 4.57. The first-order valence-corrected chi connectivity index (χ1v) is 6.86. The zero-order valence-electron chi connectivity index (χ0n) is 10.9. The van der Waals surface area contributed by atoms with Crippen LogP contribution in [-0.4, -0.2) is 30.3 Å². The van der Waals surface area contributed by atoms with Crippen LogP contribution in [-0.2, 0) is 4.74 Å². The number of pyridine rings is 1. The van der Waals surface area contributed by atoms with Crippen LogP contribution in [0.25, 0.3) is 0 Å². The van der Waals surface area contributed by atoms with Gasteiger partial charge in [-0.1, -0.05) is 6.07 Å². The Kier molecular flexibility index (Phi) is 3.22. The molecule has 2 N–H and O–H groups in total. The zero-order chi connectivity index (χ0) is 12.5. The van der Waals surface area contributed by atoms with Gasteiger partial charge in [0.15, 0.2) is 0 Å². The molecule has 2 unspecified atom stereocenters. The number of nitrogens with zero attached hydrogens (tertiary/aromatic N) is 2. The van der Waals surface area contributed by atoms with Crippen LogP contribution in [0.3, 0.4) is 0 Å². The van der Waals surface area contributed by atoms with Crippen molar-refractivity contribution in [1.29, 1.82) is 0 Å². The van der Waals surface area contributed by atoms with E-state index in [-0.39, 0.29) is 6.04 Å². The summed E-state index contributed by atoms with van der Waals surface area (Å²) < 4.78 is 5.85. The summed E-state index contributed by atoms with van der Waals surface area (Å²) >= 11 is 0. The normalized spacial score (nSPS) is 29.1. The number of aromatic nitrogens is 1. The highest BCUT2D eigenvalue weighted by Crippen LogP contribution is 2.34. The van der Waals surface area contributed by atoms with Crippen molar-refractivity contribution >= 4 is 5.82 Å². The van der Waals surface area contributed by atoms with Crippen LogP contribution in [0.15, 0.2) is 18.3 Å². The van der Waals surface area contributed by atoms with Gasteiger partial charge in [-0.05, 0) is 32.3 Å². The fourth-order valence-corrected chi connectivity index (χ4v) is 3.19. The molecule has 2 heterocycles. The Hall–Kier alpha value is -1.13. The zero-order valence-corrected chi connectivity index (χ0v) is 10.9. The van der Waals surface area contributed by atoms with Gasteiger partial charge in [-0.2, -0.15) is 0 Å². The molecule has 1 saturated heterocycles. The molecule has 1 aliphatic heterocycles. The summed E-state index contributed by atoms with van der Waals surface area (Å²) in [6.07, 6.45) is 5.90. The maximum absolute atomic E-state index is 6.06. The number of ether oxygens (including phenoxy) is 1. The molecule has 0 aromatic carbocycles. The average molecular weight is 247 g/mol.